The van der Waals surface area contributed by atoms with Crippen molar-refractivity contribution in [2.75, 3.05) is 0 Å². The molecule has 0 aliphatic rings. The Kier molecular flexibility index (Phi) is 14.6. The molecule has 3 N–H and O–H groups in total. The molecule has 0 saturated carbocycles. The Hall–Kier alpha value is 0.798. The minimum Gasteiger partial charge on any atom is -0.303 e. The molecule has 14 heavy (non-hydrogen) atoms. The molecule has 0 amide bonds. The van der Waals surface area contributed by atoms with Gasteiger partial charge in [-0.15, -0.1) is 0 Å². The van der Waals surface area contributed by atoms with Crippen LogP contribution in [0.2, 0.25) is 9.62 Å². The fourth-order valence-electron chi connectivity index (χ4n) is 0.595. The third-order valence-corrected chi connectivity index (χ3v) is 5.43. The van der Waals surface area contributed by atoms with E-state index < -0.39 is 7.82 Å². The van der Waals surface area contributed by atoms with Crippen molar-refractivity contribution in [3.05, 3.63) is 0 Å². The SMILES string of the molecule is CCC[CH2][W][CH2]CCC.O=P(O)(O)O. The van der Waals surface area contributed by atoms with Crippen molar-refractivity contribution in [2.45, 2.75) is 49.2 Å². The average Bonchev–Trinajstić information content (AvgIpc) is 2.01. The molecule has 0 aromatic carbocycles. The molecular formula is C8H21O4PW. The second kappa shape index (κ2) is 11.9. The molecule has 0 bridgehead atoms. The average molecular weight is 396 g/mol. The fourth-order valence-corrected chi connectivity index (χ4v) is 4.87. The van der Waals surface area contributed by atoms with Gasteiger partial charge >= 0.3 is 75.5 Å². The molecule has 0 atom stereocenters. The van der Waals surface area contributed by atoms with Crippen LogP contribution in [0.1, 0.15) is 39.5 Å². The van der Waals surface area contributed by atoms with Crippen LogP contribution in [-0.2, 0) is 23.1 Å². The van der Waals surface area contributed by atoms with Crippen molar-refractivity contribution in [1.29, 1.82) is 0 Å². The number of hydrogen-bond acceptors (Lipinski definition) is 1. The quantitative estimate of drug-likeness (QED) is 0.477. The third kappa shape index (κ3) is 38.5. The van der Waals surface area contributed by atoms with Crippen molar-refractivity contribution in [1.82, 2.24) is 0 Å². The molecule has 0 saturated heterocycles. The largest absolute Gasteiger partial charge is 0.466 e. The Morgan fingerprint density at radius 3 is 1.50 bits per heavy atom. The number of rotatable bonds is 6. The van der Waals surface area contributed by atoms with Gasteiger partial charge in [0.15, 0.2) is 0 Å². The zero-order valence-corrected chi connectivity index (χ0v) is 12.7. The van der Waals surface area contributed by atoms with Crippen LogP contribution in [0.5, 0.6) is 0 Å². The van der Waals surface area contributed by atoms with Crippen LogP contribution >= 0.6 is 7.82 Å². The molecule has 88 valence electrons. The second-order valence-electron chi connectivity index (χ2n) is 2.83. The van der Waals surface area contributed by atoms with Gasteiger partial charge in [0, 0.05) is 0 Å². The predicted octanol–water partition coefficient (Wildman–Crippen LogP) is 2.58. The first-order valence-corrected chi connectivity index (χ1v) is 10.5. The van der Waals surface area contributed by atoms with Gasteiger partial charge in [0.2, 0.25) is 0 Å². The minimum absolute atomic E-state index is 0.175. The van der Waals surface area contributed by atoms with Crippen LogP contribution in [0, 0.1) is 0 Å². The van der Waals surface area contributed by atoms with E-state index in [1.54, 1.807) is 9.62 Å². The molecule has 0 radical (unpaired) electrons. The fraction of sp³-hybridized carbons (Fsp3) is 1.00. The Balaban J connectivity index is 0. The Morgan fingerprint density at radius 1 is 1.00 bits per heavy atom. The van der Waals surface area contributed by atoms with E-state index in [-0.39, 0.29) is 18.6 Å². The number of hydrogen-bond donors (Lipinski definition) is 3. The van der Waals surface area contributed by atoms with Crippen molar-refractivity contribution in [3.63, 3.8) is 0 Å². The summed E-state index contributed by atoms with van der Waals surface area (Å²) in [6.07, 6.45) is 5.83. The van der Waals surface area contributed by atoms with E-state index in [4.69, 9.17) is 19.2 Å². The molecule has 0 spiro atoms. The summed E-state index contributed by atoms with van der Waals surface area (Å²) in [5, 5.41) is 0. The minimum atomic E-state index is -4.64. The van der Waals surface area contributed by atoms with Crippen molar-refractivity contribution >= 4 is 7.82 Å². The standard InChI is InChI=1S/2C4H9.H3O4P.W/c2*1-3-4-2;1-5(2,3)4;/h2*1,3-4H2,2H3;(H3,1,2,3,4);. The van der Waals surface area contributed by atoms with Crippen LogP contribution in [0.4, 0.5) is 0 Å². The monoisotopic (exact) mass is 396 g/mol. The zero-order chi connectivity index (χ0) is 11.4. The molecule has 0 rings (SSSR count). The van der Waals surface area contributed by atoms with E-state index in [0.29, 0.717) is 0 Å². The first-order valence-electron chi connectivity index (χ1n) is 4.77. The van der Waals surface area contributed by atoms with Gasteiger partial charge < -0.3 is 14.7 Å². The van der Waals surface area contributed by atoms with E-state index in [2.05, 4.69) is 13.8 Å². The summed E-state index contributed by atoms with van der Waals surface area (Å²) in [4.78, 5) is 24.8. The van der Waals surface area contributed by atoms with Gasteiger partial charge in [0.05, 0.1) is 0 Å². The summed E-state index contributed by atoms with van der Waals surface area (Å²) >= 11 is 0.175. The van der Waals surface area contributed by atoms with Gasteiger partial charge in [-0.05, 0) is 0 Å². The third-order valence-electron chi connectivity index (χ3n) is 1.28. The molecule has 0 aromatic heterocycles. The summed E-state index contributed by atoms with van der Waals surface area (Å²) in [7, 11) is -4.64. The Labute approximate surface area is 94.9 Å². The first kappa shape index (κ1) is 17.2. The second-order valence-corrected chi connectivity index (χ2v) is 8.26. The molecule has 0 aliphatic heterocycles. The maximum atomic E-state index is 8.88. The van der Waals surface area contributed by atoms with Crippen LogP contribution in [0.15, 0.2) is 0 Å². The summed E-state index contributed by atoms with van der Waals surface area (Å²) in [5.41, 5.74) is 0. The Morgan fingerprint density at radius 2 is 1.29 bits per heavy atom. The van der Waals surface area contributed by atoms with E-state index in [1.165, 1.54) is 25.7 Å². The van der Waals surface area contributed by atoms with Crippen molar-refractivity contribution in [3.8, 4) is 0 Å². The molecule has 6 heteroatoms. The van der Waals surface area contributed by atoms with Crippen LogP contribution < -0.4 is 0 Å². The van der Waals surface area contributed by atoms with Crippen LogP contribution in [-0.4, -0.2) is 14.7 Å². The van der Waals surface area contributed by atoms with Crippen molar-refractivity contribution < 1.29 is 37.8 Å². The van der Waals surface area contributed by atoms with Crippen LogP contribution in [0.25, 0.3) is 0 Å². The normalized spacial score (nSPS) is 10.6. The summed E-state index contributed by atoms with van der Waals surface area (Å²) < 4.78 is 8.88. The number of unbranched alkanes of at least 4 members (excludes halogenated alkanes) is 2. The predicted molar refractivity (Wildman–Crippen MR) is 53.7 cm³/mol. The van der Waals surface area contributed by atoms with Gasteiger partial charge in [-0.2, -0.15) is 0 Å². The van der Waals surface area contributed by atoms with Gasteiger partial charge in [-0.3, -0.25) is 0 Å². The summed E-state index contributed by atoms with van der Waals surface area (Å²) in [5.74, 6) is 0. The van der Waals surface area contributed by atoms with Gasteiger partial charge in [-0.25, -0.2) is 4.57 Å². The molecule has 0 aromatic rings. The Bertz CT molecular complexity index is 134. The van der Waals surface area contributed by atoms with Gasteiger partial charge in [0.25, 0.3) is 0 Å². The maximum absolute atomic E-state index is 8.88. The molecule has 0 aliphatic carbocycles. The number of phosphoric acid groups is 1. The molecule has 4 nitrogen and oxygen atoms in total. The van der Waals surface area contributed by atoms with Gasteiger partial charge in [-0.1, -0.05) is 0 Å². The topological polar surface area (TPSA) is 77.8 Å². The van der Waals surface area contributed by atoms with E-state index >= 15 is 0 Å². The first-order chi connectivity index (χ1) is 6.41. The molecule has 0 unspecified atom stereocenters. The van der Waals surface area contributed by atoms with Crippen LogP contribution in [0.3, 0.4) is 0 Å². The summed E-state index contributed by atoms with van der Waals surface area (Å²) in [6, 6.07) is 0. The summed E-state index contributed by atoms with van der Waals surface area (Å²) in [6.45, 7) is 4.58. The molecular weight excluding hydrogens is 375 g/mol. The smallest absolute Gasteiger partial charge is 0.303 e. The van der Waals surface area contributed by atoms with E-state index in [0.717, 1.165) is 0 Å². The zero-order valence-electron chi connectivity index (χ0n) is 8.85. The van der Waals surface area contributed by atoms with Crippen molar-refractivity contribution in [2.24, 2.45) is 0 Å². The van der Waals surface area contributed by atoms with Gasteiger partial charge in [0.1, 0.15) is 0 Å². The van der Waals surface area contributed by atoms with E-state index in [1.807, 2.05) is 0 Å². The molecule has 0 fully saturated rings. The maximum Gasteiger partial charge on any atom is 0.466 e. The van der Waals surface area contributed by atoms with E-state index in [9.17, 15) is 0 Å². The molecule has 0 heterocycles.